The Bertz CT molecular complexity index is 977. The van der Waals surface area contributed by atoms with Gasteiger partial charge in [-0.1, -0.05) is 18.2 Å². The molecule has 6 heteroatoms. The maximum absolute atomic E-state index is 12.5. The summed E-state index contributed by atoms with van der Waals surface area (Å²) in [7, 11) is 0. The highest BCUT2D eigenvalue weighted by atomic mass is 16.5. The Morgan fingerprint density at radius 2 is 2.04 bits per heavy atom. The predicted molar refractivity (Wildman–Crippen MR) is 93.0 cm³/mol. The van der Waals surface area contributed by atoms with Gasteiger partial charge in [-0.05, 0) is 38.1 Å². The van der Waals surface area contributed by atoms with Gasteiger partial charge in [0.1, 0.15) is 5.82 Å². The molecule has 1 N–H and O–H groups in total. The van der Waals surface area contributed by atoms with Gasteiger partial charge in [0.05, 0.1) is 23.7 Å². The Morgan fingerprint density at radius 3 is 2.83 bits per heavy atom. The van der Waals surface area contributed by atoms with Crippen molar-refractivity contribution < 1.29 is 9.84 Å². The van der Waals surface area contributed by atoms with Gasteiger partial charge in [-0.3, -0.25) is 4.79 Å². The van der Waals surface area contributed by atoms with E-state index in [-0.39, 0.29) is 11.3 Å². The first-order valence-corrected chi connectivity index (χ1v) is 7.59. The number of ether oxygens (including phenoxy) is 1. The van der Waals surface area contributed by atoms with Crippen LogP contribution in [-0.2, 0) is 0 Å². The van der Waals surface area contributed by atoms with Gasteiger partial charge < -0.3 is 9.84 Å². The normalized spacial score (nSPS) is 11.2. The second-order valence-corrected chi connectivity index (χ2v) is 5.16. The van der Waals surface area contributed by atoms with Gasteiger partial charge in [0.15, 0.2) is 11.5 Å². The largest absolute Gasteiger partial charge is 0.504 e. The lowest BCUT2D eigenvalue weighted by molar-refractivity contribution is 0.318. The average Bonchev–Trinajstić information content (AvgIpc) is 2.58. The number of para-hydroxylation sites is 2. The van der Waals surface area contributed by atoms with Crippen LogP contribution in [0.4, 0.5) is 0 Å². The molecule has 0 aliphatic rings. The van der Waals surface area contributed by atoms with Crippen molar-refractivity contribution in [3.63, 3.8) is 0 Å². The van der Waals surface area contributed by atoms with Crippen LogP contribution in [0.15, 0.2) is 52.4 Å². The molecule has 2 aromatic carbocycles. The topological polar surface area (TPSA) is 76.7 Å². The van der Waals surface area contributed by atoms with Crippen LogP contribution < -0.4 is 10.3 Å². The second kappa shape index (κ2) is 6.54. The van der Waals surface area contributed by atoms with Gasteiger partial charge in [-0.2, -0.15) is 9.78 Å². The highest BCUT2D eigenvalue weighted by Gasteiger charge is 2.08. The molecule has 122 valence electrons. The van der Waals surface area contributed by atoms with E-state index in [4.69, 9.17) is 4.74 Å². The van der Waals surface area contributed by atoms with Crippen molar-refractivity contribution in [2.24, 2.45) is 5.10 Å². The van der Waals surface area contributed by atoms with Crippen LogP contribution >= 0.6 is 0 Å². The van der Waals surface area contributed by atoms with E-state index in [2.05, 4.69) is 10.1 Å². The summed E-state index contributed by atoms with van der Waals surface area (Å²) in [5, 5.41) is 14.9. The molecule has 0 amide bonds. The standard InChI is InChI=1S/C18H17N3O3/c1-3-24-16-10-6-7-13(17(16)22)11-19-21-12(2)20-15-9-5-4-8-14(15)18(21)23/h4-11,22H,3H2,1-2H3/b19-11+. The lowest BCUT2D eigenvalue weighted by atomic mass is 10.2. The summed E-state index contributed by atoms with van der Waals surface area (Å²) in [5.74, 6) is 0.833. The molecule has 24 heavy (non-hydrogen) atoms. The molecular formula is C18H17N3O3. The number of benzene rings is 2. The Kier molecular flexibility index (Phi) is 4.29. The fraction of sp³-hybridized carbons (Fsp3) is 0.167. The smallest absolute Gasteiger partial charge is 0.282 e. The summed E-state index contributed by atoms with van der Waals surface area (Å²) < 4.78 is 6.56. The highest BCUT2D eigenvalue weighted by Crippen LogP contribution is 2.28. The van der Waals surface area contributed by atoms with E-state index in [9.17, 15) is 9.90 Å². The van der Waals surface area contributed by atoms with Crippen molar-refractivity contribution in [1.82, 2.24) is 9.66 Å². The molecule has 0 saturated carbocycles. The Hall–Kier alpha value is -3.15. The number of aromatic hydroxyl groups is 1. The first kappa shape index (κ1) is 15.7. The van der Waals surface area contributed by atoms with Crippen molar-refractivity contribution in [3.8, 4) is 11.5 Å². The van der Waals surface area contributed by atoms with Gasteiger partial charge in [0, 0.05) is 5.56 Å². The zero-order valence-electron chi connectivity index (χ0n) is 13.4. The zero-order chi connectivity index (χ0) is 17.1. The minimum atomic E-state index is -0.255. The summed E-state index contributed by atoms with van der Waals surface area (Å²) in [6.45, 7) is 3.99. The molecule has 0 unspecified atom stereocenters. The predicted octanol–water partition coefficient (Wildman–Crippen LogP) is 2.69. The number of phenols is 1. The molecule has 0 bridgehead atoms. The summed E-state index contributed by atoms with van der Waals surface area (Å²) in [5.41, 5.74) is 0.836. The van der Waals surface area contributed by atoms with E-state index in [1.54, 1.807) is 43.3 Å². The number of rotatable bonds is 4. The average molecular weight is 323 g/mol. The van der Waals surface area contributed by atoms with E-state index >= 15 is 0 Å². The van der Waals surface area contributed by atoms with Crippen LogP contribution in [0.2, 0.25) is 0 Å². The van der Waals surface area contributed by atoms with Gasteiger partial charge in [0.2, 0.25) is 0 Å². The second-order valence-electron chi connectivity index (χ2n) is 5.16. The van der Waals surface area contributed by atoms with Gasteiger partial charge in [0.25, 0.3) is 5.56 Å². The van der Waals surface area contributed by atoms with E-state index in [0.29, 0.717) is 34.6 Å². The summed E-state index contributed by atoms with van der Waals surface area (Å²) >= 11 is 0. The molecular weight excluding hydrogens is 306 g/mol. The van der Waals surface area contributed by atoms with Gasteiger partial charge >= 0.3 is 0 Å². The number of aryl methyl sites for hydroxylation is 1. The first-order chi connectivity index (χ1) is 11.6. The van der Waals surface area contributed by atoms with Crippen LogP contribution in [0, 0.1) is 6.92 Å². The van der Waals surface area contributed by atoms with E-state index in [1.807, 2.05) is 13.0 Å². The summed E-state index contributed by atoms with van der Waals surface area (Å²) in [4.78, 5) is 16.9. The number of aromatic nitrogens is 2. The molecule has 0 aliphatic heterocycles. The minimum absolute atomic E-state index is 0.0115. The fourth-order valence-corrected chi connectivity index (χ4v) is 2.41. The van der Waals surface area contributed by atoms with Gasteiger partial charge in [-0.25, -0.2) is 4.98 Å². The Balaban J connectivity index is 2.06. The Morgan fingerprint density at radius 1 is 1.25 bits per heavy atom. The lowest BCUT2D eigenvalue weighted by Gasteiger charge is -2.08. The van der Waals surface area contributed by atoms with Crippen LogP contribution in [0.5, 0.6) is 11.5 Å². The third-order valence-electron chi connectivity index (χ3n) is 3.56. The van der Waals surface area contributed by atoms with E-state index < -0.39 is 0 Å². The van der Waals surface area contributed by atoms with Crippen molar-refractivity contribution >= 4 is 17.1 Å². The van der Waals surface area contributed by atoms with Crippen LogP contribution in [0.25, 0.3) is 10.9 Å². The van der Waals surface area contributed by atoms with Crippen molar-refractivity contribution in [1.29, 1.82) is 0 Å². The van der Waals surface area contributed by atoms with E-state index in [0.717, 1.165) is 0 Å². The number of hydrogen-bond donors (Lipinski definition) is 1. The van der Waals surface area contributed by atoms with Crippen molar-refractivity contribution in [2.45, 2.75) is 13.8 Å². The molecule has 3 rings (SSSR count). The van der Waals surface area contributed by atoms with Crippen LogP contribution in [0.1, 0.15) is 18.3 Å². The van der Waals surface area contributed by atoms with Crippen LogP contribution in [0.3, 0.4) is 0 Å². The lowest BCUT2D eigenvalue weighted by Crippen LogP contribution is -2.20. The fourth-order valence-electron chi connectivity index (χ4n) is 2.41. The van der Waals surface area contributed by atoms with Gasteiger partial charge in [-0.15, -0.1) is 0 Å². The number of phenolic OH excluding ortho intramolecular Hbond substituents is 1. The third kappa shape index (κ3) is 2.86. The molecule has 0 fully saturated rings. The maximum Gasteiger partial charge on any atom is 0.282 e. The molecule has 6 nitrogen and oxygen atoms in total. The zero-order valence-corrected chi connectivity index (χ0v) is 13.4. The SMILES string of the molecule is CCOc1cccc(/C=N/n2c(C)nc3ccccc3c2=O)c1O. The molecule has 1 heterocycles. The molecule has 3 aromatic rings. The van der Waals surface area contributed by atoms with Crippen molar-refractivity contribution in [2.75, 3.05) is 6.61 Å². The first-order valence-electron chi connectivity index (χ1n) is 7.59. The molecule has 1 aromatic heterocycles. The van der Waals surface area contributed by atoms with E-state index in [1.165, 1.54) is 10.9 Å². The highest BCUT2D eigenvalue weighted by molar-refractivity contribution is 5.85. The monoisotopic (exact) mass is 323 g/mol. The Labute approximate surface area is 138 Å². The number of hydrogen-bond acceptors (Lipinski definition) is 5. The molecule has 0 spiro atoms. The maximum atomic E-state index is 12.5. The summed E-state index contributed by atoms with van der Waals surface area (Å²) in [6, 6.07) is 12.2. The van der Waals surface area contributed by atoms with Crippen LogP contribution in [-0.4, -0.2) is 27.6 Å². The van der Waals surface area contributed by atoms with Crippen molar-refractivity contribution in [3.05, 3.63) is 64.2 Å². The number of nitrogens with zero attached hydrogens (tertiary/aromatic N) is 3. The molecule has 0 saturated heterocycles. The molecule has 0 aliphatic carbocycles. The number of fused-ring (bicyclic) bond motifs is 1. The third-order valence-corrected chi connectivity index (χ3v) is 3.56. The summed E-state index contributed by atoms with van der Waals surface area (Å²) in [6.07, 6.45) is 1.42. The molecule has 0 radical (unpaired) electrons. The minimum Gasteiger partial charge on any atom is -0.504 e. The molecule has 0 atom stereocenters. The quantitative estimate of drug-likeness (QED) is 0.749.